The van der Waals surface area contributed by atoms with E-state index in [1.54, 1.807) is 43.3 Å². The average molecular weight is 486 g/mol. The Hall–Kier alpha value is -1.76. The van der Waals surface area contributed by atoms with E-state index in [9.17, 15) is 9.59 Å². The maximum atomic E-state index is 13.0. The van der Waals surface area contributed by atoms with E-state index in [0.29, 0.717) is 27.7 Å². The Morgan fingerprint density at radius 1 is 1.11 bits per heavy atom. The SMILES string of the molecule is CCOC(=O)C(N=Nc1ccc(Cl)cc1Cl)C(CC)C(=O)c1ccc(Br)cc1. The number of benzene rings is 2. The second-order valence-corrected chi connectivity index (χ2v) is 7.65. The number of halogens is 3. The third-order valence-corrected chi connectivity index (χ3v) is 5.08. The molecule has 2 unspecified atom stereocenters. The molecule has 8 heteroatoms. The van der Waals surface area contributed by atoms with Gasteiger partial charge in [0.2, 0.25) is 0 Å². The zero-order valence-electron chi connectivity index (χ0n) is 15.4. The maximum Gasteiger partial charge on any atom is 0.333 e. The van der Waals surface area contributed by atoms with E-state index < -0.39 is 17.9 Å². The lowest BCUT2D eigenvalue weighted by atomic mass is 9.89. The van der Waals surface area contributed by atoms with Gasteiger partial charge in [0.1, 0.15) is 5.69 Å². The molecular weight excluding hydrogens is 467 g/mol. The van der Waals surface area contributed by atoms with E-state index in [0.717, 1.165) is 4.47 Å². The molecule has 0 aliphatic heterocycles. The predicted octanol–water partition coefficient (Wildman–Crippen LogP) is 6.68. The monoisotopic (exact) mass is 484 g/mol. The van der Waals surface area contributed by atoms with Gasteiger partial charge in [-0.1, -0.05) is 58.2 Å². The molecular formula is C20H19BrCl2N2O3. The Kier molecular flexibility index (Phi) is 8.60. The van der Waals surface area contributed by atoms with Crippen molar-refractivity contribution in [3.8, 4) is 0 Å². The average Bonchev–Trinajstić information content (AvgIpc) is 2.66. The van der Waals surface area contributed by atoms with Crippen LogP contribution in [0.4, 0.5) is 5.69 Å². The second-order valence-electron chi connectivity index (χ2n) is 5.89. The van der Waals surface area contributed by atoms with Crippen LogP contribution < -0.4 is 0 Å². The Bertz CT molecular complexity index is 872. The van der Waals surface area contributed by atoms with Crippen LogP contribution in [0.1, 0.15) is 30.6 Å². The van der Waals surface area contributed by atoms with Gasteiger partial charge in [-0.15, -0.1) is 0 Å². The quantitative estimate of drug-likeness (QED) is 0.238. The minimum Gasteiger partial charge on any atom is -0.464 e. The summed E-state index contributed by atoms with van der Waals surface area (Å²) < 4.78 is 5.98. The molecule has 0 aliphatic carbocycles. The lowest BCUT2D eigenvalue weighted by Crippen LogP contribution is -2.34. The van der Waals surface area contributed by atoms with E-state index in [4.69, 9.17) is 27.9 Å². The van der Waals surface area contributed by atoms with E-state index >= 15 is 0 Å². The minimum absolute atomic E-state index is 0.176. The van der Waals surface area contributed by atoms with Crippen LogP contribution in [0.2, 0.25) is 10.0 Å². The van der Waals surface area contributed by atoms with Gasteiger partial charge in [-0.05, 0) is 43.7 Å². The van der Waals surface area contributed by atoms with Gasteiger partial charge in [-0.2, -0.15) is 10.2 Å². The van der Waals surface area contributed by atoms with Crippen LogP contribution in [0, 0.1) is 5.92 Å². The molecule has 0 aromatic heterocycles. The highest BCUT2D eigenvalue weighted by molar-refractivity contribution is 9.10. The summed E-state index contributed by atoms with van der Waals surface area (Å²) in [6.07, 6.45) is 0.395. The fourth-order valence-corrected chi connectivity index (χ4v) is 3.30. The number of azo groups is 1. The van der Waals surface area contributed by atoms with Crippen LogP contribution >= 0.6 is 39.1 Å². The number of carbonyl (C=O) groups excluding carboxylic acids is 2. The van der Waals surface area contributed by atoms with Crippen molar-refractivity contribution in [3.05, 3.63) is 62.5 Å². The van der Waals surface area contributed by atoms with Crippen molar-refractivity contribution in [3.63, 3.8) is 0 Å². The maximum absolute atomic E-state index is 13.0. The van der Waals surface area contributed by atoms with E-state index in [2.05, 4.69) is 26.2 Å². The molecule has 0 bridgehead atoms. The Morgan fingerprint density at radius 2 is 1.79 bits per heavy atom. The van der Waals surface area contributed by atoms with E-state index in [1.807, 2.05) is 6.92 Å². The summed E-state index contributed by atoms with van der Waals surface area (Å²) in [5.41, 5.74) is 0.843. The smallest absolute Gasteiger partial charge is 0.333 e. The number of hydrogen-bond acceptors (Lipinski definition) is 5. The molecule has 148 valence electrons. The first-order valence-corrected chi connectivity index (χ1v) is 10.2. The van der Waals surface area contributed by atoms with E-state index in [1.165, 1.54) is 6.07 Å². The summed E-state index contributed by atoms with van der Waals surface area (Å²) in [7, 11) is 0. The van der Waals surface area contributed by atoms with Crippen LogP contribution in [0.5, 0.6) is 0 Å². The number of hydrogen-bond donors (Lipinski definition) is 0. The third-order valence-electron chi connectivity index (χ3n) is 4.01. The van der Waals surface area contributed by atoms with Gasteiger partial charge in [0.15, 0.2) is 11.8 Å². The van der Waals surface area contributed by atoms with Crippen molar-refractivity contribution < 1.29 is 14.3 Å². The molecule has 0 N–H and O–H groups in total. The molecule has 2 aromatic rings. The first kappa shape index (κ1) is 22.5. The number of Topliss-reactive ketones (excluding diaryl/α,β-unsaturated/α-hetero) is 1. The van der Waals surface area contributed by atoms with Crippen molar-refractivity contribution in [2.24, 2.45) is 16.1 Å². The molecule has 0 amide bonds. The third kappa shape index (κ3) is 5.87. The molecule has 0 fully saturated rings. The second kappa shape index (κ2) is 10.7. The van der Waals surface area contributed by atoms with Crippen LogP contribution in [0.3, 0.4) is 0 Å². The first-order chi connectivity index (χ1) is 13.4. The van der Waals surface area contributed by atoms with Crippen molar-refractivity contribution in [1.29, 1.82) is 0 Å². The lowest BCUT2D eigenvalue weighted by Gasteiger charge is -2.19. The van der Waals surface area contributed by atoms with E-state index in [-0.39, 0.29) is 12.4 Å². The largest absolute Gasteiger partial charge is 0.464 e. The van der Waals surface area contributed by atoms with Gasteiger partial charge >= 0.3 is 5.97 Å². The number of nitrogens with zero attached hydrogens (tertiary/aromatic N) is 2. The van der Waals surface area contributed by atoms with Gasteiger partial charge in [-0.3, -0.25) is 4.79 Å². The fraction of sp³-hybridized carbons (Fsp3) is 0.300. The number of ketones is 1. The molecule has 0 spiro atoms. The highest BCUT2D eigenvalue weighted by Gasteiger charge is 2.34. The zero-order chi connectivity index (χ0) is 20.7. The highest BCUT2D eigenvalue weighted by atomic mass is 79.9. The summed E-state index contributed by atoms with van der Waals surface area (Å²) in [5.74, 6) is -1.52. The zero-order valence-corrected chi connectivity index (χ0v) is 18.5. The lowest BCUT2D eigenvalue weighted by molar-refractivity contribution is -0.145. The van der Waals surface area contributed by atoms with Crippen molar-refractivity contribution in [2.45, 2.75) is 26.3 Å². The molecule has 0 saturated heterocycles. The van der Waals surface area contributed by atoms with Crippen LogP contribution in [0.15, 0.2) is 57.2 Å². The van der Waals surface area contributed by atoms with Crippen molar-refractivity contribution >= 4 is 56.6 Å². The normalized spacial score (nSPS) is 13.3. The van der Waals surface area contributed by atoms with Gasteiger partial charge in [-0.25, -0.2) is 4.79 Å². The molecule has 2 rings (SSSR count). The predicted molar refractivity (Wildman–Crippen MR) is 114 cm³/mol. The summed E-state index contributed by atoms with van der Waals surface area (Å²) in [6, 6.07) is 10.6. The topological polar surface area (TPSA) is 68.1 Å². The standard InChI is InChI=1S/C20H19BrCl2N2O3/c1-3-15(19(26)12-5-7-13(21)8-6-12)18(20(27)28-4-2)25-24-17-10-9-14(22)11-16(17)23/h5-11,15,18H,3-4H2,1-2H3. The number of rotatable bonds is 8. The number of esters is 1. The molecule has 2 aromatic carbocycles. The fourth-order valence-electron chi connectivity index (χ4n) is 2.59. The number of ether oxygens (including phenoxy) is 1. The van der Waals surface area contributed by atoms with Gasteiger partial charge in [0.05, 0.1) is 17.5 Å². The molecule has 0 saturated carbocycles. The van der Waals surface area contributed by atoms with Gasteiger partial charge in [0, 0.05) is 15.1 Å². The summed E-state index contributed by atoms with van der Waals surface area (Å²) >= 11 is 15.3. The van der Waals surface area contributed by atoms with Crippen molar-refractivity contribution in [2.75, 3.05) is 6.61 Å². The Labute approximate surface area is 182 Å². The Balaban J connectivity index is 2.36. The van der Waals surface area contributed by atoms with Crippen LogP contribution in [0.25, 0.3) is 0 Å². The van der Waals surface area contributed by atoms with Gasteiger partial charge in [0.25, 0.3) is 0 Å². The van der Waals surface area contributed by atoms with Gasteiger partial charge < -0.3 is 4.74 Å². The molecule has 0 aliphatic rings. The minimum atomic E-state index is -1.08. The summed E-state index contributed by atoms with van der Waals surface area (Å²) in [6.45, 7) is 3.69. The summed E-state index contributed by atoms with van der Waals surface area (Å²) in [5, 5.41) is 8.97. The number of carbonyl (C=O) groups is 2. The molecule has 28 heavy (non-hydrogen) atoms. The Morgan fingerprint density at radius 3 is 2.36 bits per heavy atom. The van der Waals surface area contributed by atoms with Crippen LogP contribution in [-0.4, -0.2) is 24.4 Å². The molecule has 0 radical (unpaired) electrons. The highest BCUT2D eigenvalue weighted by Crippen LogP contribution is 2.29. The van der Waals surface area contributed by atoms with Crippen molar-refractivity contribution in [1.82, 2.24) is 0 Å². The molecule has 5 nitrogen and oxygen atoms in total. The molecule has 0 heterocycles. The van der Waals surface area contributed by atoms with Crippen LogP contribution in [-0.2, 0) is 9.53 Å². The summed E-state index contributed by atoms with van der Waals surface area (Å²) in [4.78, 5) is 25.5. The first-order valence-electron chi connectivity index (χ1n) is 8.69. The molecule has 2 atom stereocenters.